The van der Waals surface area contributed by atoms with Gasteiger partial charge in [0.25, 0.3) is 5.56 Å². The molecule has 1 aliphatic rings. The second-order valence-corrected chi connectivity index (χ2v) is 7.36. The molecule has 0 amide bonds. The molecule has 8 nitrogen and oxygen atoms in total. The maximum Gasteiger partial charge on any atom is 0.261 e. The van der Waals surface area contributed by atoms with Crippen molar-refractivity contribution >= 4 is 23.2 Å². The molecule has 1 fully saturated rings. The van der Waals surface area contributed by atoms with Gasteiger partial charge in [0.05, 0.1) is 28.3 Å². The fourth-order valence-electron chi connectivity index (χ4n) is 3.39. The van der Waals surface area contributed by atoms with Crippen molar-refractivity contribution in [1.82, 2.24) is 30.5 Å². The summed E-state index contributed by atoms with van der Waals surface area (Å²) in [6.07, 6.45) is 1.54. The summed E-state index contributed by atoms with van der Waals surface area (Å²) < 4.78 is 7.74. The SMILES string of the molecule is O=c1c(-c2nn[nH]n2)cccn1CC1CNCCOC1c1ccc(Cl)c(Cl)c1. The average Bonchev–Trinajstić information content (AvgIpc) is 3.12. The van der Waals surface area contributed by atoms with Gasteiger partial charge in [-0.3, -0.25) is 4.79 Å². The largest absolute Gasteiger partial charge is 0.372 e. The molecule has 4 rings (SSSR count). The monoisotopic (exact) mass is 420 g/mol. The Labute approximate surface area is 170 Å². The number of rotatable bonds is 4. The minimum atomic E-state index is -0.217. The highest BCUT2D eigenvalue weighted by molar-refractivity contribution is 6.42. The lowest BCUT2D eigenvalue weighted by Crippen LogP contribution is -2.32. The van der Waals surface area contributed by atoms with Crippen LogP contribution in [0.3, 0.4) is 0 Å². The molecule has 0 saturated carbocycles. The molecule has 0 bridgehead atoms. The molecule has 2 aromatic heterocycles. The molecular weight excluding hydrogens is 403 g/mol. The lowest BCUT2D eigenvalue weighted by Gasteiger charge is -2.26. The van der Waals surface area contributed by atoms with Gasteiger partial charge in [-0.05, 0) is 35.0 Å². The fourth-order valence-corrected chi connectivity index (χ4v) is 3.69. The minimum absolute atomic E-state index is 0.0120. The Morgan fingerprint density at radius 2 is 2.14 bits per heavy atom. The van der Waals surface area contributed by atoms with E-state index in [0.717, 1.165) is 12.1 Å². The van der Waals surface area contributed by atoms with Crippen molar-refractivity contribution in [2.45, 2.75) is 12.6 Å². The molecule has 0 spiro atoms. The molecule has 10 heteroatoms. The predicted octanol–water partition coefficient (Wildman–Crippen LogP) is 2.31. The topological polar surface area (TPSA) is 97.7 Å². The van der Waals surface area contributed by atoms with Crippen LogP contribution in [0, 0.1) is 5.92 Å². The lowest BCUT2D eigenvalue weighted by molar-refractivity contribution is 0.0251. The maximum atomic E-state index is 12.9. The smallest absolute Gasteiger partial charge is 0.261 e. The molecule has 3 aromatic rings. The van der Waals surface area contributed by atoms with E-state index < -0.39 is 0 Å². The first-order chi connectivity index (χ1) is 13.6. The highest BCUT2D eigenvalue weighted by atomic mass is 35.5. The van der Waals surface area contributed by atoms with Gasteiger partial charge in [0.1, 0.15) is 0 Å². The van der Waals surface area contributed by atoms with Crippen molar-refractivity contribution in [2.24, 2.45) is 5.92 Å². The van der Waals surface area contributed by atoms with Gasteiger partial charge in [-0.1, -0.05) is 29.3 Å². The molecule has 3 heterocycles. The lowest BCUT2D eigenvalue weighted by atomic mass is 9.95. The summed E-state index contributed by atoms with van der Waals surface area (Å²) in [5.74, 6) is 0.286. The standard InChI is InChI=1S/C18H18Cl2N6O2/c19-14-4-3-11(8-15(14)20)16-12(9-21-5-7-28-16)10-26-6-1-2-13(18(26)27)17-22-24-25-23-17/h1-4,6,8,12,16,21H,5,7,9-10H2,(H,22,23,24,25). The van der Waals surface area contributed by atoms with Crippen molar-refractivity contribution < 1.29 is 4.74 Å². The van der Waals surface area contributed by atoms with Gasteiger partial charge in [0, 0.05) is 31.7 Å². The number of benzene rings is 1. The Morgan fingerprint density at radius 1 is 1.25 bits per heavy atom. The first kappa shape index (κ1) is 19.1. The van der Waals surface area contributed by atoms with E-state index in [-0.39, 0.29) is 23.4 Å². The van der Waals surface area contributed by atoms with Crippen LogP contribution in [0.15, 0.2) is 41.3 Å². The minimum Gasteiger partial charge on any atom is -0.372 e. The van der Waals surface area contributed by atoms with Crippen LogP contribution in [-0.4, -0.2) is 44.9 Å². The molecule has 2 N–H and O–H groups in total. The summed E-state index contributed by atoms with van der Waals surface area (Å²) in [4.78, 5) is 12.9. The van der Waals surface area contributed by atoms with Crippen LogP contribution in [0.25, 0.3) is 11.4 Å². The van der Waals surface area contributed by atoms with Crippen LogP contribution < -0.4 is 10.9 Å². The number of nitrogens with zero attached hydrogens (tertiary/aromatic N) is 4. The molecule has 1 saturated heterocycles. The molecule has 1 aliphatic heterocycles. The highest BCUT2D eigenvalue weighted by Gasteiger charge is 2.27. The normalized spacial score (nSPS) is 20.1. The first-order valence-electron chi connectivity index (χ1n) is 8.84. The Bertz CT molecular complexity index is 1010. The number of aromatic nitrogens is 5. The zero-order valence-corrected chi connectivity index (χ0v) is 16.3. The first-order valence-corrected chi connectivity index (χ1v) is 9.59. The number of hydrogen-bond acceptors (Lipinski definition) is 6. The van der Waals surface area contributed by atoms with Crippen LogP contribution >= 0.6 is 23.2 Å². The summed E-state index contributed by atoms with van der Waals surface area (Å²) in [6, 6.07) is 8.98. The number of ether oxygens (including phenoxy) is 1. The predicted molar refractivity (Wildman–Crippen MR) is 105 cm³/mol. The number of H-pyrrole nitrogens is 1. The van der Waals surface area contributed by atoms with E-state index in [1.807, 2.05) is 12.1 Å². The van der Waals surface area contributed by atoms with Crippen LogP contribution in [0.4, 0.5) is 0 Å². The maximum absolute atomic E-state index is 12.9. The summed E-state index contributed by atoms with van der Waals surface area (Å²) >= 11 is 12.3. The van der Waals surface area contributed by atoms with E-state index in [2.05, 4.69) is 25.9 Å². The summed E-state index contributed by atoms with van der Waals surface area (Å²) in [6.45, 7) is 2.47. The van der Waals surface area contributed by atoms with Crippen LogP contribution in [0.2, 0.25) is 10.0 Å². The third kappa shape index (κ3) is 3.95. The second kappa shape index (κ2) is 8.40. The van der Waals surface area contributed by atoms with Gasteiger partial charge in [-0.15, -0.1) is 10.2 Å². The third-order valence-electron chi connectivity index (χ3n) is 4.72. The highest BCUT2D eigenvalue weighted by Crippen LogP contribution is 2.32. The Hall–Kier alpha value is -2.26. The van der Waals surface area contributed by atoms with Gasteiger partial charge in [-0.25, -0.2) is 0 Å². The Kier molecular flexibility index (Phi) is 5.72. The van der Waals surface area contributed by atoms with Crippen LogP contribution in [0.1, 0.15) is 11.7 Å². The molecule has 2 atom stereocenters. The van der Waals surface area contributed by atoms with Crippen molar-refractivity contribution in [2.75, 3.05) is 19.7 Å². The molecule has 28 heavy (non-hydrogen) atoms. The molecule has 0 radical (unpaired) electrons. The van der Waals surface area contributed by atoms with Gasteiger partial charge in [0.15, 0.2) is 0 Å². The fraction of sp³-hybridized carbons (Fsp3) is 0.333. The van der Waals surface area contributed by atoms with Crippen LogP contribution in [-0.2, 0) is 11.3 Å². The molecule has 146 valence electrons. The summed E-state index contributed by atoms with van der Waals surface area (Å²) in [5.41, 5.74) is 1.15. The van der Waals surface area contributed by atoms with Crippen molar-refractivity contribution in [3.63, 3.8) is 0 Å². The van der Waals surface area contributed by atoms with Crippen LogP contribution in [0.5, 0.6) is 0 Å². The number of tetrazole rings is 1. The van der Waals surface area contributed by atoms with E-state index in [1.54, 1.807) is 29.0 Å². The van der Waals surface area contributed by atoms with E-state index in [1.165, 1.54) is 0 Å². The third-order valence-corrected chi connectivity index (χ3v) is 5.46. The van der Waals surface area contributed by atoms with Gasteiger partial charge >= 0.3 is 0 Å². The quantitative estimate of drug-likeness (QED) is 0.671. The molecule has 2 unspecified atom stereocenters. The zero-order chi connectivity index (χ0) is 19.5. The van der Waals surface area contributed by atoms with Gasteiger partial charge < -0.3 is 14.6 Å². The molecule has 1 aromatic carbocycles. The van der Waals surface area contributed by atoms with E-state index in [4.69, 9.17) is 27.9 Å². The average molecular weight is 421 g/mol. The van der Waals surface area contributed by atoms with Crippen molar-refractivity contribution in [3.05, 3.63) is 62.5 Å². The zero-order valence-electron chi connectivity index (χ0n) is 14.8. The van der Waals surface area contributed by atoms with E-state index in [9.17, 15) is 4.79 Å². The number of pyridine rings is 1. The summed E-state index contributed by atoms with van der Waals surface area (Å²) in [5, 5.41) is 18.1. The van der Waals surface area contributed by atoms with Crippen molar-refractivity contribution in [1.29, 1.82) is 0 Å². The van der Waals surface area contributed by atoms with Gasteiger partial charge in [0.2, 0.25) is 5.82 Å². The number of halogens is 2. The van der Waals surface area contributed by atoms with Crippen molar-refractivity contribution in [3.8, 4) is 11.4 Å². The number of aromatic amines is 1. The molecule has 0 aliphatic carbocycles. The Balaban J connectivity index is 1.65. The summed E-state index contributed by atoms with van der Waals surface area (Å²) in [7, 11) is 0. The number of hydrogen-bond donors (Lipinski definition) is 2. The van der Waals surface area contributed by atoms with E-state index >= 15 is 0 Å². The number of nitrogens with one attached hydrogen (secondary N) is 2. The Morgan fingerprint density at radius 3 is 2.93 bits per heavy atom. The van der Waals surface area contributed by atoms with E-state index in [0.29, 0.717) is 35.3 Å². The second-order valence-electron chi connectivity index (χ2n) is 6.54. The molecular formula is C18H18Cl2N6O2. The van der Waals surface area contributed by atoms with Gasteiger partial charge in [-0.2, -0.15) is 5.21 Å².